The summed E-state index contributed by atoms with van der Waals surface area (Å²) in [5, 5.41) is 8.62. The zero-order valence-electron chi connectivity index (χ0n) is 6.70. The molecule has 0 saturated carbocycles. The number of hydrogen-bond acceptors (Lipinski definition) is 1. The van der Waals surface area contributed by atoms with E-state index in [1.807, 2.05) is 0 Å². The Kier molecular flexibility index (Phi) is 3.36. The Morgan fingerprint density at radius 1 is 1.29 bits per heavy atom. The molecule has 0 amide bonds. The van der Waals surface area contributed by atoms with Crippen molar-refractivity contribution in [3.63, 3.8) is 0 Å². The van der Waals surface area contributed by atoms with Crippen molar-refractivity contribution in [3.05, 3.63) is 32.6 Å². The number of halogens is 5. The first-order valence-electron chi connectivity index (χ1n) is 3.52. The maximum absolute atomic E-state index is 13.0. The summed E-state index contributed by atoms with van der Waals surface area (Å²) in [6.07, 6.45) is -4.52. The van der Waals surface area contributed by atoms with E-state index in [1.54, 1.807) is 0 Å². The van der Waals surface area contributed by atoms with Gasteiger partial charge in [0.1, 0.15) is 5.82 Å². The minimum atomic E-state index is -4.52. The molecule has 0 bridgehead atoms. The van der Waals surface area contributed by atoms with Crippen molar-refractivity contribution in [3.8, 4) is 0 Å². The van der Waals surface area contributed by atoms with Crippen LogP contribution < -0.4 is 0 Å². The number of aliphatic hydroxyl groups excluding tert-OH is 1. The van der Waals surface area contributed by atoms with Crippen LogP contribution in [0.15, 0.2) is 12.1 Å². The second kappa shape index (κ2) is 4.01. The molecule has 0 spiro atoms. The molecule has 0 aliphatic rings. The van der Waals surface area contributed by atoms with Gasteiger partial charge in [0.05, 0.1) is 12.2 Å². The van der Waals surface area contributed by atoms with E-state index in [-0.39, 0.29) is 9.13 Å². The van der Waals surface area contributed by atoms with E-state index in [2.05, 4.69) is 0 Å². The molecule has 78 valence electrons. The third-order valence-electron chi connectivity index (χ3n) is 1.60. The van der Waals surface area contributed by atoms with Crippen LogP contribution >= 0.6 is 22.6 Å². The van der Waals surface area contributed by atoms with Crippen LogP contribution in [0.5, 0.6) is 0 Å². The SMILES string of the molecule is OCc1cc(C(F)(F)F)cc(I)c1F. The Morgan fingerprint density at radius 2 is 1.86 bits per heavy atom. The Labute approximate surface area is 90.9 Å². The third-order valence-corrected chi connectivity index (χ3v) is 2.39. The van der Waals surface area contributed by atoms with Gasteiger partial charge in [-0.05, 0) is 34.7 Å². The zero-order valence-corrected chi connectivity index (χ0v) is 8.86. The first-order valence-corrected chi connectivity index (χ1v) is 4.60. The van der Waals surface area contributed by atoms with Crippen molar-refractivity contribution in [1.82, 2.24) is 0 Å². The summed E-state index contributed by atoms with van der Waals surface area (Å²) >= 11 is 1.45. The van der Waals surface area contributed by atoms with E-state index in [0.29, 0.717) is 12.1 Å². The highest BCUT2D eigenvalue weighted by molar-refractivity contribution is 14.1. The predicted octanol–water partition coefficient (Wildman–Crippen LogP) is 2.94. The van der Waals surface area contributed by atoms with Crippen LogP contribution in [0.2, 0.25) is 0 Å². The van der Waals surface area contributed by atoms with Gasteiger partial charge in [0.2, 0.25) is 0 Å². The molecule has 1 aromatic carbocycles. The molecule has 0 heterocycles. The van der Waals surface area contributed by atoms with Crippen molar-refractivity contribution < 1.29 is 22.7 Å². The standard InChI is InChI=1S/C8H5F4IO/c9-7-4(3-14)1-5(2-6(7)13)8(10,11)12/h1-2,14H,3H2. The van der Waals surface area contributed by atoms with Crippen LogP contribution in [-0.2, 0) is 12.8 Å². The molecule has 0 aliphatic carbocycles. The molecule has 0 aromatic heterocycles. The lowest BCUT2D eigenvalue weighted by Crippen LogP contribution is -2.08. The van der Waals surface area contributed by atoms with Crippen molar-refractivity contribution >= 4 is 22.6 Å². The fourth-order valence-corrected chi connectivity index (χ4v) is 1.61. The molecule has 1 nitrogen and oxygen atoms in total. The van der Waals surface area contributed by atoms with Gasteiger partial charge in [-0.3, -0.25) is 0 Å². The van der Waals surface area contributed by atoms with Gasteiger partial charge in [-0.1, -0.05) is 0 Å². The van der Waals surface area contributed by atoms with E-state index in [0.717, 1.165) is 0 Å². The van der Waals surface area contributed by atoms with Gasteiger partial charge in [0, 0.05) is 9.13 Å². The van der Waals surface area contributed by atoms with Gasteiger partial charge in [0.15, 0.2) is 0 Å². The topological polar surface area (TPSA) is 20.2 Å². The Bertz CT molecular complexity index is 348. The molecule has 0 saturated heterocycles. The average Bonchev–Trinajstić information content (AvgIpc) is 2.07. The Morgan fingerprint density at radius 3 is 2.29 bits per heavy atom. The van der Waals surface area contributed by atoms with E-state index >= 15 is 0 Å². The molecule has 0 unspecified atom stereocenters. The molecule has 0 atom stereocenters. The molecule has 1 N–H and O–H groups in total. The fraction of sp³-hybridized carbons (Fsp3) is 0.250. The number of hydrogen-bond donors (Lipinski definition) is 1. The lowest BCUT2D eigenvalue weighted by molar-refractivity contribution is -0.137. The second-order valence-electron chi connectivity index (χ2n) is 2.59. The summed E-state index contributed by atoms with van der Waals surface area (Å²) in [7, 11) is 0. The van der Waals surface area contributed by atoms with Crippen LogP contribution in [0, 0.1) is 9.39 Å². The van der Waals surface area contributed by atoms with Crippen molar-refractivity contribution in [2.75, 3.05) is 0 Å². The molecule has 6 heteroatoms. The fourth-order valence-electron chi connectivity index (χ4n) is 0.925. The van der Waals surface area contributed by atoms with Crippen LogP contribution in [0.25, 0.3) is 0 Å². The molecular weight excluding hydrogens is 315 g/mol. The number of benzene rings is 1. The number of alkyl halides is 3. The van der Waals surface area contributed by atoms with E-state index in [9.17, 15) is 17.6 Å². The van der Waals surface area contributed by atoms with Gasteiger partial charge < -0.3 is 5.11 Å². The maximum atomic E-state index is 13.0. The highest BCUT2D eigenvalue weighted by atomic mass is 127. The van der Waals surface area contributed by atoms with Crippen LogP contribution in [0.1, 0.15) is 11.1 Å². The summed E-state index contributed by atoms with van der Waals surface area (Å²) in [5.74, 6) is -0.805. The normalized spacial score (nSPS) is 11.9. The van der Waals surface area contributed by atoms with Gasteiger partial charge in [-0.15, -0.1) is 0 Å². The minimum Gasteiger partial charge on any atom is -0.392 e. The monoisotopic (exact) mass is 320 g/mol. The van der Waals surface area contributed by atoms with Gasteiger partial charge in [0.25, 0.3) is 0 Å². The molecule has 0 radical (unpaired) electrons. The van der Waals surface area contributed by atoms with Crippen LogP contribution in [0.4, 0.5) is 17.6 Å². The smallest absolute Gasteiger partial charge is 0.392 e. The summed E-state index contributed by atoms with van der Waals surface area (Å²) in [6.45, 7) is -0.744. The maximum Gasteiger partial charge on any atom is 0.416 e. The van der Waals surface area contributed by atoms with Crippen LogP contribution in [-0.4, -0.2) is 5.11 Å². The lowest BCUT2D eigenvalue weighted by Gasteiger charge is -2.09. The number of aliphatic hydroxyl groups is 1. The molecule has 0 fully saturated rings. The number of rotatable bonds is 1. The molecule has 14 heavy (non-hydrogen) atoms. The highest BCUT2D eigenvalue weighted by Crippen LogP contribution is 2.32. The largest absolute Gasteiger partial charge is 0.416 e. The van der Waals surface area contributed by atoms with E-state index < -0.39 is 24.2 Å². The van der Waals surface area contributed by atoms with E-state index in [4.69, 9.17) is 5.11 Å². The van der Waals surface area contributed by atoms with Crippen molar-refractivity contribution in [2.45, 2.75) is 12.8 Å². The summed E-state index contributed by atoms with van der Waals surface area (Å²) in [6, 6.07) is 1.31. The highest BCUT2D eigenvalue weighted by Gasteiger charge is 2.31. The van der Waals surface area contributed by atoms with Crippen LogP contribution in [0.3, 0.4) is 0 Å². The lowest BCUT2D eigenvalue weighted by atomic mass is 10.1. The quantitative estimate of drug-likeness (QED) is 0.623. The average molecular weight is 320 g/mol. The second-order valence-corrected chi connectivity index (χ2v) is 3.75. The minimum absolute atomic E-state index is 0.151. The van der Waals surface area contributed by atoms with Crippen molar-refractivity contribution in [2.24, 2.45) is 0 Å². The molecular formula is C8H5F4IO. The van der Waals surface area contributed by atoms with Crippen molar-refractivity contribution in [1.29, 1.82) is 0 Å². The summed E-state index contributed by atoms with van der Waals surface area (Å²) in [5.41, 5.74) is -1.29. The molecule has 1 aromatic rings. The van der Waals surface area contributed by atoms with Gasteiger partial charge in [-0.2, -0.15) is 13.2 Å². The molecule has 1 rings (SSSR count). The third kappa shape index (κ3) is 2.35. The zero-order chi connectivity index (χ0) is 10.9. The van der Waals surface area contributed by atoms with Gasteiger partial charge >= 0.3 is 6.18 Å². The predicted molar refractivity (Wildman–Crippen MR) is 50.0 cm³/mol. The Balaban J connectivity index is 3.30. The Hall–Kier alpha value is -0.370. The first kappa shape index (κ1) is 11.7. The first-order chi connectivity index (χ1) is 6.36. The van der Waals surface area contributed by atoms with E-state index in [1.165, 1.54) is 22.6 Å². The van der Waals surface area contributed by atoms with Gasteiger partial charge in [-0.25, -0.2) is 4.39 Å². The molecule has 0 aliphatic heterocycles. The summed E-state index contributed by atoms with van der Waals surface area (Å²) < 4.78 is 49.5. The summed E-state index contributed by atoms with van der Waals surface area (Å²) in [4.78, 5) is 0.